The Morgan fingerprint density at radius 2 is 2.38 bits per heavy atom. The number of hydrogen-bond donors (Lipinski definition) is 2. The van der Waals surface area contributed by atoms with Crippen LogP contribution in [0.4, 0.5) is 0 Å². The van der Waals surface area contributed by atoms with E-state index >= 15 is 0 Å². The third-order valence-electron chi connectivity index (χ3n) is 2.47. The first-order valence-corrected chi connectivity index (χ1v) is 6.83. The van der Waals surface area contributed by atoms with E-state index in [0.717, 1.165) is 3.79 Å². The zero-order chi connectivity index (χ0) is 12.3. The molecule has 6 heteroatoms. The molecule has 0 spiro atoms. The maximum absolute atomic E-state index is 11.9. The summed E-state index contributed by atoms with van der Waals surface area (Å²) in [5, 5.41) is 4.64. The number of nitrogens with two attached hydrogens (primary N) is 1. The highest BCUT2D eigenvalue weighted by Crippen LogP contribution is 2.21. The van der Waals surface area contributed by atoms with Crippen molar-refractivity contribution in [2.75, 3.05) is 0 Å². The van der Waals surface area contributed by atoms with E-state index in [1.54, 1.807) is 11.4 Å². The molecule has 1 aromatic heterocycles. The van der Waals surface area contributed by atoms with Gasteiger partial charge in [0.25, 0.3) is 5.91 Å². The highest BCUT2D eigenvalue weighted by atomic mass is 79.9. The molecule has 0 saturated carbocycles. The number of carbonyl (C=O) groups is 1. The molecule has 1 heterocycles. The summed E-state index contributed by atoms with van der Waals surface area (Å²) in [6.07, 6.45) is 0.666. The van der Waals surface area contributed by atoms with Gasteiger partial charge in [-0.15, -0.1) is 11.3 Å². The van der Waals surface area contributed by atoms with E-state index in [9.17, 15) is 4.79 Å². The average molecular weight is 321 g/mol. The van der Waals surface area contributed by atoms with Gasteiger partial charge in [-0.3, -0.25) is 4.79 Å². The van der Waals surface area contributed by atoms with E-state index in [1.807, 2.05) is 13.8 Å². The fourth-order valence-corrected chi connectivity index (χ4v) is 2.41. The molecule has 0 aromatic carbocycles. The van der Waals surface area contributed by atoms with Gasteiger partial charge in [0.1, 0.15) is 0 Å². The van der Waals surface area contributed by atoms with Gasteiger partial charge in [-0.05, 0) is 35.3 Å². The molecule has 1 unspecified atom stereocenters. The Balaban J connectivity index is 2.81. The number of thiocarbonyl (C=S) groups is 1. The first-order valence-electron chi connectivity index (χ1n) is 4.75. The Bertz CT molecular complexity index is 419. The van der Waals surface area contributed by atoms with Crippen LogP contribution in [0.3, 0.4) is 0 Å². The van der Waals surface area contributed by atoms with Crippen molar-refractivity contribution in [2.45, 2.75) is 25.8 Å². The number of hydrogen-bond acceptors (Lipinski definition) is 3. The van der Waals surface area contributed by atoms with Gasteiger partial charge in [0.2, 0.25) is 0 Å². The minimum atomic E-state index is -0.624. The second-order valence-electron chi connectivity index (χ2n) is 3.64. The number of nitrogens with one attached hydrogen (secondary N) is 1. The van der Waals surface area contributed by atoms with Crippen molar-refractivity contribution in [1.29, 1.82) is 0 Å². The Labute approximate surface area is 113 Å². The van der Waals surface area contributed by atoms with Gasteiger partial charge >= 0.3 is 0 Å². The lowest BCUT2D eigenvalue weighted by Crippen LogP contribution is -2.54. The molecule has 88 valence electrons. The fourth-order valence-electron chi connectivity index (χ4n) is 1.08. The second kappa shape index (κ2) is 5.25. The predicted molar refractivity (Wildman–Crippen MR) is 75.0 cm³/mol. The van der Waals surface area contributed by atoms with Gasteiger partial charge < -0.3 is 11.1 Å². The molecule has 0 fully saturated rings. The molecule has 1 aromatic rings. The summed E-state index contributed by atoms with van der Waals surface area (Å²) in [5.41, 5.74) is 5.62. The van der Waals surface area contributed by atoms with Crippen molar-refractivity contribution in [2.24, 2.45) is 5.73 Å². The van der Waals surface area contributed by atoms with Crippen LogP contribution >= 0.6 is 39.5 Å². The average Bonchev–Trinajstić information content (AvgIpc) is 2.64. The lowest BCUT2D eigenvalue weighted by atomic mass is 9.98. The second-order valence-corrected chi connectivity index (χ2v) is 6.37. The zero-order valence-corrected chi connectivity index (χ0v) is 12.3. The first-order chi connectivity index (χ1) is 7.39. The van der Waals surface area contributed by atoms with Crippen molar-refractivity contribution < 1.29 is 4.79 Å². The van der Waals surface area contributed by atoms with Gasteiger partial charge in [-0.25, -0.2) is 0 Å². The summed E-state index contributed by atoms with van der Waals surface area (Å²) in [6.45, 7) is 3.76. The predicted octanol–water partition coefficient (Wildman–Crippen LogP) is 2.70. The summed E-state index contributed by atoms with van der Waals surface area (Å²) in [4.78, 5) is 12.2. The molecular weight excluding hydrogens is 308 g/mol. The van der Waals surface area contributed by atoms with E-state index in [4.69, 9.17) is 18.0 Å². The Morgan fingerprint density at radius 3 is 2.75 bits per heavy atom. The lowest BCUT2D eigenvalue weighted by Gasteiger charge is -2.28. The van der Waals surface area contributed by atoms with Crippen molar-refractivity contribution in [3.05, 3.63) is 20.8 Å². The third-order valence-corrected chi connectivity index (χ3v) is 4.42. The molecule has 16 heavy (non-hydrogen) atoms. The van der Waals surface area contributed by atoms with Crippen molar-refractivity contribution in [3.63, 3.8) is 0 Å². The van der Waals surface area contributed by atoms with Crippen LogP contribution in [0.1, 0.15) is 30.6 Å². The molecule has 0 radical (unpaired) electrons. The number of amides is 1. The van der Waals surface area contributed by atoms with Crippen molar-refractivity contribution in [3.8, 4) is 0 Å². The summed E-state index contributed by atoms with van der Waals surface area (Å²) >= 11 is 9.74. The minimum Gasteiger partial charge on any atom is -0.391 e. The number of thiophene rings is 1. The summed E-state index contributed by atoms with van der Waals surface area (Å²) in [7, 11) is 0. The van der Waals surface area contributed by atoms with Crippen LogP contribution in [-0.4, -0.2) is 16.4 Å². The molecule has 0 aliphatic rings. The maximum Gasteiger partial charge on any atom is 0.252 e. The monoisotopic (exact) mass is 320 g/mol. The largest absolute Gasteiger partial charge is 0.391 e. The van der Waals surface area contributed by atoms with Gasteiger partial charge in [0.05, 0.1) is 19.9 Å². The molecule has 1 amide bonds. The third kappa shape index (κ3) is 3.02. The van der Waals surface area contributed by atoms with Crippen LogP contribution in [0.5, 0.6) is 0 Å². The summed E-state index contributed by atoms with van der Waals surface area (Å²) < 4.78 is 0.922. The summed E-state index contributed by atoms with van der Waals surface area (Å²) in [5.74, 6) is -0.154. The zero-order valence-electron chi connectivity index (χ0n) is 9.04. The SMILES string of the molecule is CCC(C)(NC(=O)c1csc(Br)c1)C(N)=S. The minimum absolute atomic E-state index is 0.154. The number of halogens is 1. The lowest BCUT2D eigenvalue weighted by molar-refractivity contribution is 0.0927. The molecule has 1 rings (SSSR count). The smallest absolute Gasteiger partial charge is 0.252 e. The van der Waals surface area contributed by atoms with Gasteiger partial charge in [0.15, 0.2) is 0 Å². The van der Waals surface area contributed by atoms with E-state index in [1.165, 1.54) is 11.3 Å². The van der Waals surface area contributed by atoms with Gasteiger partial charge in [-0.1, -0.05) is 19.1 Å². The van der Waals surface area contributed by atoms with E-state index in [0.29, 0.717) is 17.0 Å². The van der Waals surface area contributed by atoms with Gasteiger partial charge in [-0.2, -0.15) is 0 Å². The van der Waals surface area contributed by atoms with E-state index in [-0.39, 0.29) is 5.91 Å². The first kappa shape index (κ1) is 13.6. The Kier molecular flexibility index (Phi) is 4.46. The Hall–Kier alpha value is -0.460. The van der Waals surface area contributed by atoms with Crippen LogP contribution < -0.4 is 11.1 Å². The van der Waals surface area contributed by atoms with Crippen LogP contribution in [0.25, 0.3) is 0 Å². The van der Waals surface area contributed by atoms with Crippen LogP contribution in [0.15, 0.2) is 15.2 Å². The van der Waals surface area contributed by atoms with Crippen molar-refractivity contribution >= 4 is 50.4 Å². The quantitative estimate of drug-likeness (QED) is 0.839. The molecule has 1 atom stereocenters. The van der Waals surface area contributed by atoms with E-state index in [2.05, 4.69) is 21.2 Å². The Morgan fingerprint density at radius 1 is 1.75 bits per heavy atom. The number of rotatable bonds is 4. The molecule has 3 N–H and O–H groups in total. The molecule has 0 aliphatic carbocycles. The fraction of sp³-hybridized carbons (Fsp3) is 0.400. The van der Waals surface area contributed by atoms with Crippen LogP contribution in [0, 0.1) is 0 Å². The van der Waals surface area contributed by atoms with Crippen molar-refractivity contribution in [1.82, 2.24) is 5.32 Å². The molecule has 0 aliphatic heterocycles. The van der Waals surface area contributed by atoms with E-state index < -0.39 is 5.54 Å². The highest BCUT2D eigenvalue weighted by Gasteiger charge is 2.28. The van der Waals surface area contributed by atoms with Gasteiger partial charge in [0, 0.05) is 5.38 Å². The van der Waals surface area contributed by atoms with Crippen LogP contribution in [0.2, 0.25) is 0 Å². The summed E-state index contributed by atoms with van der Waals surface area (Å²) in [6, 6.07) is 1.77. The molecule has 3 nitrogen and oxygen atoms in total. The normalized spacial score (nSPS) is 14.2. The van der Waals surface area contributed by atoms with Crippen LogP contribution in [-0.2, 0) is 0 Å². The highest BCUT2D eigenvalue weighted by molar-refractivity contribution is 9.11. The topological polar surface area (TPSA) is 55.1 Å². The maximum atomic E-state index is 11.9. The standard InChI is InChI=1S/C10H13BrN2OS2/c1-3-10(2,9(12)15)13-8(14)6-4-7(11)16-5-6/h4-5H,3H2,1-2H3,(H2,12,15)(H,13,14). The molecule has 0 bridgehead atoms. The molecule has 0 saturated heterocycles. The molecular formula is C10H13BrN2OS2. The number of carbonyl (C=O) groups excluding carboxylic acids is 1.